The predicted molar refractivity (Wildman–Crippen MR) is 80.3 cm³/mol. The van der Waals surface area contributed by atoms with Crippen LogP contribution in [0.1, 0.15) is 30.4 Å². The average molecular weight is 340 g/mol. The molecule has 1 aromatic heterocycles. The van der Waals surface area contributed by atoms with Crippen LogP contribution in [0.5, 0.6) is 0 Å². The summed E-state index contributed by atoms with van der Waals surface area (Å²) in [6.07, 6.45) is 0. The molecule has 0 saturated heterocycles. The first kappa shape index (κ1) is 14.1. The number of halogens is 1. The molecule has 0 spiro atoms. The molecular weight excluding hydrogens is 326 g/mol. The van der Waals surface area contributed by atoms with E-state index in [1.165, 1.54) is 0 Å². The number of carbonyl (C=O) groups is 1. The van der Waals surface area contributed by atoms with E-state index in [1.54, 1.807) is 0 Å². The van der Waals surface area contributed by atoms with Crippen molar-refractivity contribution in [2.45, 2.75) is 26.3 Å². The van der Waals surface area contributed by atoms with Crippen molar-refractivity contribution < 1.29 is 4.79 Å². The van der Waals surface area contributed by atoms with Crippen molar-refractivity contribution in [1.29, 1.82) is 0 Å². The topological polar surface area (TPSA) is 54.9 Å². The van der Waals surface area contributed by atoms with Gasteiger partial charge in [0.25, 0.3) is 5.91 Å². The van der Waals surface area contributed by atoms with E-state index in [2.05, 4.69) is 30.8 Å². The lowest BCUT2D eigenvalue weighted by Gasteiger charge is -2.19. The molecule has 1 heterocycles. The molecule has 0 fully saturated rings. The highest BCUT2D eigenvalue weighted by Gasteiger charge is 2.21. The Labute approximate surface area is 124 Å². The molecule has 0 unspecified atom stereocenters. The minimum absolute atomic E-state index is 0.139. The summed E-state index contributed by atoms with van der Waals surface area (Å²) in [7, 11) is 0. The number of aromatic nitrogens is 2. The Morgan fingerprint density at radius 3 is 2.47 bits per heavy atom. The van der Waals surface area contributed by atoms with Crippen molar-refractivity contribution >= 4 is 33.4 Å². The predicted octanol–water partition coefficient (Wildman–Crippen LogP) is 3.50. The average Bonchev–Trinajstić information content (AvgIpc) is 2.76. The van der Waals surface area contributed by atoms with Gasteiger partial charge in [0.05, 0.1) is 0 Å². The molecule has 0 aliphatic carbocycles. The van der Waals surface area contributed by atoms with Gasteiger partial charge in [0.15, 0.2) is 0 Å². The number of hydrogen-bond donors (Lipinski definition) is 1. The van der Waals surface area contributed by atoms with Gasteiger partial charge in [0.1, 0.15) is 10.6 Å². The molecule has 6 heteroatoms. The number of amides is 1. The van der Waals surface area contributed by atoms with E-state index < -0.39 is 0 Å². The maximum absolute atomic E-state index is 12.2. The van der Waals surface area contributed by atoms with Crippen LogP contribution in [-0.2, 0) is 0 Å². The zero-order valence-corrected chi connectivity index (χ0v) is 13.3. The van der Waals surface area contributed by atoms with Gasteiger partial charge < -0.3 is 5.32 Å². The lowest BCUT2D eigenvalue weighted by atomic mass is 10.1. The third-order valence-corrected chi connectivity index (χ3v) is 3.55. The quantitative estimate of drug-likeness (QED) is 0.910. The van der Waals surface area contributed by atoms with Crippen LogP contribution >= 0.6 is 27.5 Å². The summed E-state index contributed by atoms with van der Waals surface area (Å²) < 4.78 is 4.88. The maximum atomic E-state index is 12.2. The van der Waals surface area contributed by atoms with Crippen molar-refractivity contribution in [2.75, 3.05) is 0 Å². The van der Waals surface area contributed by atoms with Crippen LogP contribution in [0.4, 0.5) is 0 Å². The first-order valence-corrected chi connectivity index (χ1v) is 7.34. The van der Waals surface area contributed by atoms with Crippen molar-refractivity contribution in [3.8, 4) is 11.3 Å². The number of nitrogens with one attached hydrogen (secondary N) is 1. The molecule has 0 aliphatic heterocycles. The van der Waals surface area contributed by atoms with E-state index in [4.69, 9.17) is 0 Å². The van der Waals surface area contributed by atoms with Gasteiger partial charge in [-0.25, -0.2) is 0 Å². The number of rotatable bonds is 2. The van der Waals surface area contributed by atoms with E-state index in [-0.39, 0.29) is 11.4 Å². The normalized spacial score (nSPS) is 11.4. The van der Waals surface area contributed by atoms with Crippen LogP contribution in [-0.4, -0.2) is 21.0 Å². The Hall–Kier alpha value is -1.27. The molecule has 0 aliphatic rings. The number of benzene rings is 1. The fourth-order valence-electron chi connectivity index (χ4n) is 1.53. The lowest BCUT2D eigenvalue weighted by Crippen LogP contribution is -2.40. The summed E-state index contributed by atoms with van der Waals surface area (Å²) in [5.41, 5.74) is 1.23. The molecule has 4 nitrogen and oxygen atoms in total. The molecule has 1 amide bonds. The molecule has 19 heavy (non-hydrogen) atoms. The standard InChI is InChI=1S/C13H14BrN3OS/c1-13(2,3)15-12(18)11-10(16-17-19-11)8-4-6-9(14)7-5-8/h4-7H,1-3H3,(H,15,18). The van der Waals surface area contributed by atoms with Gasteiger partial charge in [-0.2, -0.15) is 0 Å². The third-order valence-electron chi connectivity index (χ3n) is 2.30. The highest BCUT2D eigenvalue weighted by atomic mass is 79.9. The van der Waals surface area contributed by atoms with Gasteiger partial charge in [-0.15, -0.1) is 5.10 Å². The Bertz CT molecular complexity index is 587. The third kappa shape index (κ3) is 3.61. The SMILES string of the molecule is CC(C)(C)NC(=O)c1snnc1-c1ccc(Br)cc1. The van der Waals surface area contributed by atoms with Crippen LogP contribution in [0, 0.1) is 0 Å². The van der Waals surface area contributed by atoms with Crippen molar-refractivity contribution in [3.05, 3.63) is 33.6 Å². The van der Waals surface area contributed by atoms with Gasteiger partial charge in [-0.3, -0.25) is 4.79 Å². The van der Waals surface area contributed by atoms with Gasteiger partial charge in [0.2, 0.25) is 0 Å². The molecule has 100 valence electrons. The summed E-state index contributed by atoms with van der Waals surface area (Å²) in [4.78, 5) is 12.7. The Morgan fingerprint density at radius 2 is 1.89 bits per heavy atom. The highest BCUT2D eigenvalue weighted by molar-refractivity contribution is 9.10. The van der Waals surface area contributed by atoms with Crippen molar-refractivity contribution in [2.24, 2.45) is 0 Å². The minimum Gasteiger partial charge on any atom is -0.347 e. The monoisotopic (exact) mass is 339 g/mol. The van der Waals surface area contributed by atoms with Crippen LogP contribution < -0.4 is 5.32 Å². The molecule has 0 bridgehead atoms. The number of hydrogen-bond acceptors (Lipinski definition) is 4. The first-order valence-electron chi connectivity index (χ1n) is 5.77. The smallest absolute Gasteiger partial charge is 0.265 e. The van der Waals surface area contributed by atoms with Gasteiger partial charge in [-0.1, -0.05) is 32.6 Å². The Morgan fingerprint density at radius 1 is 1.26 bits per heavy atom. The fraction of sp³-hybridized carbons (Fsp3) is 0.308. The maximum Gasteiger partial charge on any atom is 0.265 e. The molecule has 1 N–H and O–H groups in total. The Kier molecular flexibility index (Phi) is 4.01. The molecule has 1 aromatic carbocycles. The number of nitrogens with zero attached hydrogens (tertiary/aromatic N) is 2. The van der Waals surface area contributed by atoms with E-state index in [0.29, 0.717) is 10.6 Å². The van der Waals surface area contributed by atoms with E-state index in [1.807, 2.05) is 45.0 Å². The first-order chi connectivity index (χ1) is 8.87. The van der Waals surface area contributed by atoms with Crippen LogP contribution in [0.3, 0.4) is 0 Å². The van der Waals surface area contributed by atoms with Crippen LogP contribution in [0.15, 0.2) is 28.7 Å². The van der Waals surface area contributed by atoms with E-state index >= 15 is 0 Å². The second-order valence-electron chi connectivity index (χ2n) is 5.16. The number of carbonyl (C=O) groups excluding carboxylic acids is 1. The lowest BCUT2D eigenvalue weighted by molar-refractivity contribution is 0.0924. The highest BCUT2D eigenvalue weighted by Crippen LogP contribution is 2.25. The molecule has 0 saturated carbocycles. The van der Waals surface area contributed by atoms with Crippen LogP contribution in [0.2, 0.25) is 0 Å². The summed E-state index contributed by atoms with van der Waals surface area (Å²) in [6.45, 7) is 5.83. The second kappa shape index (κ2) is 5.38. The summed E-state index contributed by atoms with van der Waals surface area (Å²) in [6, 6.07) is 7.66. The van der Waals surface area contributed by atoms with Crippen molar-refractivity contribution in [1.82, 2.24) is 14.9 Å². The zero-order chi connectivity index (χ0) is 14.0. The molecule has 2 aromatic rings. The van der Waals surface area contributed by atoms with Gasteiger partial charge in [0, 0.05) is 15.6 Å². The van der Waals surface area contributed by atoms with E-state index in [9.17, 15) is 4.79 Å². The molecular formula is C13H14BrN3OS. The van der Waals surface area contributed by atoms with Crippen molar-refractivity contribution in [3.63, 3.8) is 0 Å². The van der Waals surface area contributed by atoms with E-state index in [0.717, 1.165) is 21.6 Å². The van der Waals surface area contributed by atoms with Gasteiger partial charge >= 0.3 is 0 Å². The fourth-order valence-corrected chi connectivity index (χ4v) is 2.38. The van der Waals surface area contributed by atoms with Gasteiger partial charge in [-0.05, 0) is 44.4 Å². The Balaban J connectivity index is 2.32. The summed E-state index contributed by atoms with van der Waals surface area (Å²) in [5, 5.41) is 6.98. The van der Waals surface area contributed by atoms with Crippen LogP contribution in [0.25, 0.3) is 11.3 Å². The summed E-state index contributed by atoms with van der Waals surface area (Å²) >= 11 is 4.50. The zero-order valence-electron chi connectivity index (χ0n) is 10.9. The molecule has 0 radical (unpaired) electrons. The largest absolute Gasteiger partial charge is 0.347 e. The second-order valence-corrected chi connectivity index (χ2v) is 6.83. The molecule has 2 rings (SSSR count). The molecule has 0 atom stereocenters. The minimum atomic E-state index is -0.280. The summed E-state index contributed by atoms with van der Waals surface area (Å²) in [5.74, 6) is -0.139.